The van der Waals surface area contributed by atoms with Crippen LogP contribution in [0.25, 0.3) is 10.9 Å². The van der Waals surface area contributed by atoms with Crippen LogP contribution in [0.4, 0.5) is 6.01 Å². The fraction of sp³-hybridized carbons (Fsp3) is 0.353. The lowest BCUT2D eigenvalue weighted by molar-refractivity contribution is 0.0925. The predicted octanol–water partition coefficient (Wildman–Crippen LogP) is 1.09. The van der Waals surface area contributed by atoms with Gasteiger partial charge < -0.3 is 19.6 Å². The van der Waals surface area contributed by atoms with Crippen molar-refractivity contribution < 1.29 is 9.21 Å². The van der Waals surface area contributed by atoms with Crippen molar-refractivity contribution in [3.63, 3.8) is 0 Å². The molecule has 3 aromatic rings. The third-order valence-electron chi connectivity index (χ3n) is 4.95. The van der Waals surface area contributed by atoms with E-state index in [1.54, 1.807) is 12.1 Å². The van der Waals surface area contributed by atoms with Crippen molar-refractivity contribution in [2.45, 2.75) is 31.8 Å². The molecule has 3 aromatic heterocycles. The minimum absolute atomic E-state index is 0.100. The van der Waals surface area contributed by atoms with Gasteiger partial charge in [-0.2, -0.15) is 0 Å². The molecule has 1 unspecified atom stereocenters. The molecule has 4 heterocycles. The Balaban J connectivity index is 1.56. The molecule has 0 radical (unpaired) electrons. The Labute approximate surface area is 148 Å². The van der Waals surface area contributed by atoms with E-state index in [0.717, 1.165) is 6.42 Å². The Hall–Kier alpha value is -3.23. The number of fused-ring (bicyclic) bond motifs is 1. The van der Waals surface area contributed by atoms with Crippen molar-refractivity contribution >= 4 is 22.8 Å². The second-order valence-electron chi connectivity index (χ2n) is 6.81. The van der Waals surface area contributed by atoms with Crippen LogP contribution in [0.2, 0.25) is 0 Å². The summed E-state index contributed by atoms with van der Waals surface area (Å²) in [5, 5.41) is 11.4. The first-order chi connectivity index (χ1) is 12.5. The van der Waals surface area contributed by atoms with E-state index in [1.807, 2.05) is 18.7 Å². The van der Waals surface area contributed by atoms with Crippen LogP contribution in [-0.4, -0.2) is 44.2 Å². The number of H-pyrrole nitrogens is 1. The maximum Gasteiger partial charge on any atom is 0.318 e. The SMILES string of the molecule is CC1(C)C(NC(=O)c2cnc3c(=O)[nH]ccc3c2)CCN1c1nnco1. The van der Waals surface area contributed by atoms with Crippen molar-refractivity contribution in [1.29, 1.82) is 0 Å². The number of anilines is 1. The molecule has 1 saturated heterocycles. The minimum atomic E-state index is -0.385. The number of aromatic nitrogens is 4. The summed E-state index contributed by atoms with van der Waals surface area (Å²) in [7, 11) is 0. The molecule has 1 aliphatic heterocycles. The van der Waals surface area contributed by atoms with Gasteiger partial charge in [0.25, 0.3) is 11.5 Å². The zero-order valence-electron chi connectivity index (χ0n) is 14.4. The number of carbonyl (C=O) groups is 1. The third kappa shape index (κ3) is 2.61. The molecule has 1 aliphatic rings. The molecule has 0 bridgehead atoms. The first-order valence-electron chi connectivity index (χ1n) is 8.29. The highest BCUT2D eigenvalue weighted by Gasteiger charge is 2.44. The number of hydrogen-bond acceptors (Lipinski definition) is 7. The number of pyridine rings is 2. The normalized spacial score (nSPS) is 19.0. The van der Waals surface area contributed by atoms with Crippen molar-refractivity contribution in [2.24, 2.45) is 0 Å². The molecule has 2 N–H and O–H groups in total. The van der Waals surface area contributed by atoms with E-state index in [0.29, 0.717) is 29.0 Å². The zero-order valence-corrected chi connectivity index (χ0v) is 14.4. The molecular weight excluding hydrogens is 336 g/mol. The van der Waals surface area contributed by atoms with Crippen LogP contribution in [0.1, 0.15) is 30.6 Å². The number of hydrogen-bond donors (Lipinski definition) is 2. The van der Waals surface area contributed by atoms with Crippen molar-refractivity contribution in [3.05, 3.63) is 46.8 Å². The van der Waals surface area contributed by atoms with Crippen LogP contribution < -0.4 is 15.8 Å². The molecule has 0 spiro atoms. The van der Waals surface area contributed by atoms with E-state index in [1.165, 1.54) is 18.8 Å². The summed E-state index contributed by atoms with van der Waals surface area (Å²) < 4.78 is 5.30. The van der Waals surface area contributed by atoms with Crippen molar-refractivity contribution in [2.75, 3.05) is 11.4 Å². The largest absolute Gasteiger partial charge is 0.411 e. The molecule has 1 atom stereocenters. The molecule has 9 nitrogen and oxygen atoms in total. The molecule has 0 aliphatic carbocycles. The Kier molecular flexibility index (Phi) is 3.71. The summed E-state index contributed by atoms with van der Waals surface area (Å²) in [6, 6.07) is 3.73. The summed E-state index contributed by atoms with van der Waals surface area (Å²) in [6.45, 7) is 4.74. The molecule has 1 amide bonds. The highest BCUT2D eigenvalue weighted by molar-refractivity contribution is 5.97. The maximum absolute atomic E-state index is 12.7. The lowest BCUT2D eigenvalue weighted by Gasteiger charge is -2.34. The minimum Gasteiger partial charge on any atom is -0.411 e. The topological polar surface area (TPSA) is 117 Å². The lowest BCUT2D eigenvalue weighted by Crippen LogP contribution is -2.52. The number of amides is 1. The molecule has 1 fully saturated rings. The Morgan fingerprint density at radius 1 is 1.46 bits per heavy atom. The van der Waals surface area contributed by atoms with E-state index in [4.69, 9.17) is 4.42 Å². The van der Waals surface area contributed by atoms with Gasteiger partial charge in [-0.15, -0.1) is 5.10 Å². The second kappa shape index (κ2) is 5.94. The highest BCUT2D eigenvalue weighted by Crippen LogP contribution is 2.32. The number of nitrogens with zero attached hydrogens (tertiary/aromatic N) is 4. The summed E-state index contributed by atoms with van der Waals surface area (Å²) >= 11 is 0. The average molecular weight is 354 g/mol. The molecule has 134 valence electrons. The van der Waals surface area contributed by atoms with E-state index in [2.05, 4.69) is 25.5 Å². The number of rotatable bonds is 3. The first-order valence-corrected chi connectivity index (χ1v) is 8.29. The Morgan fingerprint density at radius 2 is 2.31 bits per heavy atom. The molecule has 0 aromatic carbocycles. The van der Waals surface area contributed by atoms with Crippen molar-refractivity contribution in [1.82, 2.24) is 25.5 Å². The smallest absolute Gasteiger partial charge is 0.318 e. The van der Waals surface area contributed by atoms with Gasteiger partial charge in [0.1, 0.15) is 5.52 Å². The van der Waals surface area contributed by atoms with E-state index in [-0.39, 0.29) is 23.0 Å². The summed E-state index contributed by atoms with van der Waals surface area (Å²) in [4.78, 5) is 33.1. The third-order valence-corrected chi connectivity index (χ3v) is 4.95. The monoisotopic (exact) mass is 354 g/mol. The first kappa shape index (κ1) is 16.2. The number of carbonyl (C=O) groups excluding carboxylic acids is 1. The van der Waals surface area contributed by atoms with E-state index in [9.17, 15) is 9.59 Å². The summed E-state index contributed by atoms with van der Waals surface area (Å²) in [6.07, 6.45) is 5.00. The van der Waals surface area contributed by atoms with Gasteiger partial charge in [0, 0.05) is 24.3 Å². The molecule has 4 rings (SSSR count). The molecule has 0 saturated carbocycles. The fourth-order valence-corrected chi connectivity index (χ4v) is 3.40. The fourth-order valence-electron chi connectivity index (χ4n) is 3.40. The van der Waals surface area contributed by atoms with Crippen LogP contribution in [0.5, 0.6) is 0 Å². The van der Waals surface area contributed by atoms with Gasteiger partial charge >= 0.3 is 6.01 Å². The van der Waals surface area contributed by atoms with Crippen LogP contribution in [0.3, 0.4) is 0 Å². The summed E-state index contributed by atoms with van der Waals surface area (Å²) in [5.74, 6) is -0.231. The van der Waals surface area contributed by atoms with Crippen LogP contribution >= 0.6 is 0 Å². The molecular formula is C17H18N6O3. The Bertz CT molecular complexity index is 1010. The van der Waals surface area contributed by atoms with E-state index < -0.39 is 0 Å². The predicted molar refractivity (Wildman–Crippen MR) is 94.0 cm³/mol. The van der Waals surface area contributed by atoms with Gasteiger partial charge in [-0.3, -0.25) is 9.59 Å². The molecule has 26 heavy (non-hydrogen) atoms. The van der Waals surface area contributed by atoms with Gasteiger partial charge in [0.15, 0.2) is 0 Å². The maximum atomic E-state index is 12.7. The quantitative estimate of drug-likeness (QED) is 0.723. The van der Waals surface area contributed by atoms with Gasteiger partial charge in [0.05, 0.1) is 17.1 Å². The highest BCUT2D eigenvalue weighted by atomic mass is 16.4. The zero-order chi connectivity index (χ0) is 18.3. The van der Waals surface area contributed by atoms with Crippen LogP contribution in [0, 0.1) is 0 Å². The molecule has 9 heteroatoms. The second-order valence-corrected chi connectivity index (χ2v) is 6.81. The number of aromatic amines is 1. The summed E-state index contributed by atoms with van der Waals surface area (Å²) in [5.41, 5.74) is 0.0633. The standard InChI is InChI=1S/C17H18N6O3/c1-17(2)12(4-6-23(17)16-22-20-9-26-16)21-14(24)11-7-10-3-5-18-15(25)13(10)19-8-11/h3,5,7-9,12H,4,6H2,1-2H3,(H,18,25)(H,21,24). The average Bonchev–Trinajstić information content (AvgIpc) is 3.23. The van der Waals surface area contributed by atoms with Crippen LogP contribution in [-0.2, 0) is 0 Å². The van der Waals surface area contributed by atoms with Crippen LogP contribution in [0.15, 0.2) is 40.1 Å². The van der Waals surface area contributed by atoms with Gasteiger partial charge in [-0.25, -0.2) is 4.98 Å². The van der Waals surface area contributed by atoms with Gasteiger partial charge in [-0.1, -0.05) is 5.10 Å². The van der Waals surface area contributed by atoms with Gasteiger partial charge in [0.2, 0.25) is 6.39 Å². The van der Waals surface area contributed by atoms with Crippen molar-refractivity contribution in [3.8, 4) is 0 Å². The number of nitrogens with one attached hydrogen (secondary N) is 2. The van der Waals surface area contributed by atoms with E-state index >= 15 is 0 Å². The lowest BCUT2D eigenvalue weighted by atomic mass is 9.95. The van der Waals surface area contributed by atoms with Gasteiger partial charge in [-0.05, 0) is 32.4 Å². The Morgan fingerprint density at radius 3 is 3.08 bits per heavy atom.